The van der Waals surface area contributed by atoms with Crippen molar-refractivity contribution in [1.29, 1.82) is 0 Å². The Kier molecular flexibility index (Phi) is 5.10. The third-order valence-electron chi connectivity index (χ3n) is 2.04. The molecule has 14 heavy (non-hydrogen) atoms. The highest BCUT2D eigenvalue weighted by atomic mass is 15.2. The zero-order chi connectivity index (χ0) is 11.4. The van der Waals surface area contributed by atoms with E-state index in [-0.39, 0.29) is 11.0 Å². The van der Waals surface area contributed by atoms with Crippen LogP contribution >= 0.6 is 0 Å². The predicted octanol–water partition coefficient (Wildman–Crippen LogP) is 2.75. The van der Waals surface area contributed by atoms with E-state index >= 15 is 0 Å². The summed E-state index contributed by atoms with van der Waals surface area (Å²) in [4.78, 5) is 0. The molecule has 0 aliphatic heterocycles. The van der Waals surface area contributed by atoms with Gasteiger partial charge in [0.25, 0.3) is 0 Å². The van der Waals surface area contributed by atoms with Gasteiger partial charge in [0.05, 0.1) is 6.17 Å². The Bertz CT molecular complexity index is 151. The number of hydrogen-bond donors (Lipinski definition) is 2. The highest BCUT2D eigenvalue weighted by Gasteiger charge is 2.27. The molecule has 0 saturated carbocycles. The van der Waals surface area contributed by atoms with Crippen molar-refractivity contribution in [2.45, 2.75) is 66.6 Å². The first kappa shape index (κ1) is 13.9. The minimum absolute atomic E-state index is 0.165. The van der Waals surface area contributed by atoms with E-state index in [9.17, 15) is 0 Å². The van der Waals surface area contributed by atoms with Crippen molar-refractivity contribution in [3.63, 3.8) is 0 Å². The van der Waals surface area contributed by atoms with E-state index in [1.54, 1.807) is 0 Å². The summed E-state index contributed by atoms with van der Waals surface area (Å²) in [6.07, 6.45) is 1.56. The third-order valence-corrected chi connectivity index (χ3v) is 2.04. The maximum absolute atomic E-state index is 3.62. The summed E-state index contributed by atoms with van der Waals surface area (Å²) in [5.41, 5.74) is 0.418. The van der Waals surface area contributed by atoms with Crippen LogP contribution in [0.2, 0.25) is 0 Å². The van der Waals surface area contributed by atoms with Crippen molar-refractivity contribution in [1.82, 2.24) is 10.6 Å². The van der Waals surface area contributed by atoms with Crippen molar-refractivity contribution in [2.75, 3.05) is 6.54 Å². The van der Waals surface area contributed by atoms with Gasteiger partial charge >= 0.3 is 0 Å². The fourth-order valence-corrected chi connectivity index (χ4v) is 1.30. The molecule has 2 heteroatoms. The van der Waals surface area contributed by atoms with Crippen molar-refractivity contribution in [2.24, 2.45) is 5.41 Å². The second kappa shape index (κ2) is 5.13. The van der Waals surface area contributed by atoms with Crippen molar-refractivity contribution in [3.8, 4) is 0 Å². The monoisotopic (exact) mass is 200 g/mol. The normalized spacial score (nSPS) is 15.6. The second-order valence-corrected chi connectivity index (χ2v) is 6.15. The average Bonchev–Trinajstić information content (AvgIpc) is 1.93. The molecule has 1 atom stereocenters. The van der Waals surface area contributed by atoms with Gasteiger partial charge in [-0.15, -0.1) is 0 Å². The molecule has 0 heterocycles. The van der Waals surface area contributed by atoms with Crippen LogP contribution in [0.15, 0.2) is 0 Å². The molecule has 0 fully saturated rings. The minimum atomic E-state index is 0.165. The first-order chi connectivity index (χ1) is 6.17. The second-order valence-electron chi connectivity index (χ2n) is 6.15. The van der Waals surface area contributed by atoms with Gasteiger partial charge in [-0.25, -0.2) is 0 Å². The Balaban J connectivity index is 4.26. The van der Waals surface area contributed by atoms with E-state index in [0.717, 1.165) is 6.54 Å². The number of hydrogen-bond acceptors (Lipinski definition) is 2. The summed E-state index contributed by atoms with van der Waals surface area (Å²) >= 11 is 0. The van der Waals surface area contributed by atoms with Gasteiger partial charge < -0.3 is 5.32 Å². The maximum Gasteiger partial charge on any atom is 0.0625 e. The summed E-state index contributed by atoms with van der Waals surface area (Å²) in [6.45, 7) is 16.7. The molecule has 0 aliphatic carbocycles. The molecule has 1 unspecified atom stereocenters. The summed E-state index contributed by atoms with van der Waals surface area (Å²) in [6, 6.07) is 0. The molecule has 0 radical (unpaired) electrons. The fourth-order valence-electron chi connectivity index (χ4n) is 1.30. The summed E-state index contributed by atoms with van der Waals surface area (Å²) in [5.74, 6) is 0. The van der Waals surface area contributed by atoms with Gasteiger partial charge in [0.2, 0.25) is 0 Å². The Labute approximate surface area is 89.9 Å². The lowest BCUT2D eigenvalue weighted by Gasteiger charge is -2.38. The average molecular weight is 200 g/mol. The molecule has 0 saturated heterocycles. The van der Waals surface area contributed by atoms with E-state index in [1.807, 2.05) is 0 Å². The van der Waals surface area contributed by atoms with Crippen LogP contribution < -0.4 is 10.6 Å². The highest BCUT2D eigenvalue weighted by molar-refractivity contribution is 4.84. The highest BCUT2D eigenvalue weighted by Crippen LogP contribution is 2.19. The molecular weight excluding hydrogens is 172 g/mol. The molecule has 0 aromatic heterocycles. The van der Waals surface area contributed by atoms with Gasteiger partial charge in [-0.3, -0.25) is 5.32 Å². The SMILES string of the molecule is CCCNC(NC(C)(C)C)C(C)(C)C. The number of rotatable bonds is 4. The van der Waals surface area contributed by atoms with Gasteiger partial charge in [-0.2, -0.15) is 0 Å². The lowest BCUT2D eigenvalue weighted by atomic mass is 9.90. The molecular formula is C12H28N2. The van der Waals surface area contributed by atoms with Crippen LogP contribution in [0.25, 0.3) is 0 Å². The molecule has 2 nitrogen and oxygen atoms in total. The topological polar surface area (TPSA) is 24.1 Å². The Morgan fingerprint density at radius 1 is 1.00 bits per heavy atom. The van der Waals surface area contributed by atoms with Gasteiger partial charge in [-0.05, 0) is 39.2 Å². The fraction of sp³-hybridized carbons (Fsp3) is 1.00. The van der Waals surface area contributed by atoms with Crippen LogP contribution in [-0.4, -0.2) is 18.2 Å². The Morgan fingerprint density at radius 3 is 1.79 bits per heavy atom. The van der Waals surface area contributed by atoms with Crippen LogP contribution in [-0.2, 0) is 0 Å². The van der Waals surface area contributed by atoms with E-state index in [1.165, 1.54) is 6.42 Å². The molecule has 2 N–H and O–H groups in total. The standard InChI is InChI=1S/C12H28N2/c1-8-9-13-10(11(2,3)4)14-12(5,6)7/h10,13-14H,8-9H2,1-7H3. The van der Waals surface area contributed by atoms with Crippen LogP contribution in [0.1, 0.15) is 54.9 Å². The molecule has 0 aliphatic rings. The summed E-state index contributed by atoms with van der Waals surface area (Å²) < 4.78 is 0. The Hall–Kier alpha value is -0.0800. The van der Waals surface area contributed by atoms with Gasteiger partial charge in [-0.1, -0.05) is 27.7 Å². The van der Waals surface area contributed by atoms with E-state index in [2.05, 4.69) is 59.1 Å². The van der Waals surface area contributed by atoms with Crippen molar-refractivity contribution >= 4 is 0 Å². The lowest BCUT2D eigenvalue weighted by Crippen LogP contribution is -2.57. The quantitative estimate of drug-likeness (QED) is 0.682. The third kappa shape index (κ3) is 6.39. The first-order valence-electron chi connectivity index (χ1n) is 5.68. The van der Waals surface area contributed by atoms with E-state index < -0.39 is 0 Å². The molecule has 0 spiro atoms. The largest absolute Gasteiger partial charge is 0.301 e. The smallest absolute Gasteiger partial charge is 0.0625 e. The Morgan fingerprint density at radius 2 is 1.50 bits per heavy atom. The van der Waals surface area contributed by atoms with E-state index in [0.29, 0.717) is 6.17 Å². The lowest BCUT2D eigenvalue weighted by molar-refractivity contribution is 0.184. The molecule has 0 aromatic carbocycles. The molecule has 86 valence electrons. The zero-order valence-electron chi connectivity index (χ0n) is 11.0. The maximum atomic E-state index is 3.62. The minimum Gasteiger partial charge on any atom is -0.301 e. The summed E-state index contributed by atoms with van der Waals surface area (Å²) in [7, 11) is 0. The van der Waals surface area contributed by atoms with Gasteiger partial charge in [0.1, 0.15) is 0 Å². The molecule has 0 aromatic rings. The van der Waals surface area contributed by atoms with Crippen molar-refractivity contribution in [3.05, 3.63) is 0 Å². The van der Waals surface area contributed by atoms with Crippen LogP contribution in [0.3, 0.4) is 0 Å². The molecule has 0 amide bonds. The molecule has 0 rings (SSSR count). The van der Waals surface area contributed by atoms with Crippen LogP contribution in [0.4, 0.5) is 0 Å². The van der Waals surface area contributed by atoms with Gasteiger partial charge in [0, 0.05) is 5.54 Å². The summed E-state index contributed by atoms with van der Waals surface area (Å²) in [5, 5.41) is 7.17. The zero-order valence-corrected chi connectivity index (χ0v) is 11.0. The van der Waals surface area contributed by atoms with Crippen LogP contribution in [0, 0.1) is 5.41 Å². The van der Waals surface area contributed by atoms with Crippen molar-refractivity contribution < 1.29 is 0 Å². The van der Waals surface area contributed by atoms with Crippen LogP contribution in [0.5, 0.6) is 0 Å². The predicted molar refractivity (Wildman–Crippen MR) is 64.4 cm³/mol. The van der Waals surface area contributed by atoms with Gasteiger partial charge in [0.15, 0.2) is 0 Å². The first-order valence-corrected chi connectivity index (χ1v) is 5.68. The van der Waals surface area contributed by atoms with E-state index in [4.69, 9.17) is 0 Å². The molecule has 0 bridgehead atoms. The number of nitrogens with one attached hydrogen (secondary N) is 2.